The molecule has 3 aromatic heterocycles. The normalized spacial score (nSPS) is 15.0. The van der Waals surface area contributed by atoms with Gasteiger partial charge in [-0.05, 0) is 45.2 Å². The Morgan fingerprint density at radius 3 is 2.71 bits per heavy atom. The number of ketones is 1. The predicted molar refractivity (Wildman–Crippen MR) is 127 cm³/mol. The van der Waals surface area contributed by atoms with Crippen LogP contribution in [0.15, 0.2) is 12.3 Å². The van der Waals surface area contributed by atoms with Crippen LogP contribution in [-0.2, 0) is 24.7 Å². The van der Waals surface area contributed by atoms with Gasteiger partial charge in [-0.2, -0.15) is 4.39 Å². The molecule has 0 aromatic carbocycles. The standard InChI is InChI=1S/C23H25FN6O3S/c1-10-7-14(9-26-20(10)24)28-21(32)17-11(2)18(30(4)12(17)3)19(31)22(33)27-13-5-6-15-16(8-13)34-23(25)29-15/h7,9,13H,5-6,8H2,1-4H3,(H2,25,29)(H,27,33)(H,28,32)/t13-/m1/s1. The molecule has 0 bridgehead atoms. The molecule has 1 aliphatic rings. The van der Waals surface area contributed by atoms with Gasteiger partial charge < -0.3 is 20.9 Å². The number of pyridine rings is 1. The summed E-state index contributed by atoms with van der Waals surface area (Å²) in [6.45, 7) is 4.87. The van der Waals surface area contributed by atoms with Gasteiger partial charge in [-0.25, -0.2) is 9.97 Å². The molecule has 1 atom stereocenters. The highest BCUT2D eigenvalue weighted by Crippen LogP contribution is 2.28. The molecular formula is C23H25FN6O3S. The van der Waals surface area contributed by atoms with Gasteiger partial charge in [0.15, 0.2) is 5.13 Å². The third kappa shape index (κ3) is 4.30. The Kier molecular flexibility index (Phi) is 6.22. The highest BCUT2D eigenvalue weighted by atomic mass is 32.1. The quantitative estimate of drug-likeness (QED) is 0.290. The van der Waals surface area contributed by atoms with E-state index in [0.29, 0.717) is 46.9 Å². The average molecular weight is 485 g/mol. The number of rotatable bonds is 5. The molecule has 9 nitrogen and oxygen atoms in total. The second kappa shape index (κ2) is 8.98. The van der Waals surface area contributed by atoms with Crippen molar-refractivity contribution in [2.75, 3.05) is 11.1 Å². The third-order valence-corrected chi connectivity index (χ3v) is 7.09. The van der Waals surface area contributed by atoms with Crippen molar-refractivity contribution >= 4 is 39.8 Å². The van der Waals surface area contributed by atoms with Crippen LogP contribution in [0.4, 0.5) is 15.2 Å². The van der Waals surface area contributed by atoms with Crippen molar-refractivity contribution in [3.05, 3.63) is 56.9 Å². The second-order valence-corrected chi connectivity index (χ2v) is 9.56. The number of nitrogens with two attached hydrogens (primary N) is 1. The molecule has 0 saturated heterocycles. The first-order chi connectivity index (χ1) is 16.1. The lowest BCUT2D eigenvalue weighted by molar-refractivity contribution is -0.117. The number of carbonyl (C=O) groups excluding carboxylic acids is 3. The fourth-order valence-electron chi connectivity index (χ4n) is 4.33. The lowest BCUT2D eigenvalue weighted by atomic mass is 9.97. The zero-order valence-electron chi connectivity index (χ0n) is 19.3. The van der Waals surface area contributed by atoms with Crippen molar-refractivity contribution in [2.24, 2.45) is 7.05 Å². The number of Topliss-reactive ketones (excluding diaryl/α,β-unsaturated/α-hetero) is 1. The summed E-state index contributed by atoms with van der Waals surface area (Å²) in [4.78, 5) is 47.8. The zero-order valence-corrected chi connectivity index (χ0v) is 20.1. The second-order valence-electron chi connectivity index (χ2n) is 8.44. The lowest BCUT2D eigenvalue weighted by Crippen LogP contribution is -2.42. The highest BCUT2D eigenvalue weighted by Gasteiger charge is 2.31. The van der Waals surface area contributed by atoms with Crippen LogP contribution in [-0.4, -0.2) is 38.2 Å². The number of hydrogen-bond acceptors (Lipinski definition) is 7. The van der Waals surface area contributed by atoms with Crippen LogP contribution >= 0.6 is 11.3 Å². The van der Waals surface area contributed by atoms with Gasteiger partial charge in [0.05, 0.1) is 28.8 Å². The number of nitrogens with zero attached hydrogens (tertiary/aromatic N) is 3. The van der Waals surface area contributed by atoms with Gasteiger partial charge in [-0.3, -0.25) is 14.4 Å². The van der Waals surface area contributed by atoms with Crippen LogP contribution in [0, 0.1) is 26.7 Å². The first-order valence-corrected chi connectivity index (χ1v) is 11.6. The summed E-state index contributed by atoms with van der Waals surface area (Å²) in [5.41, 5.74) is 8.70. The fourth-order valence-corrected chi connectivity index (χ4v) is 5.29. The van der Waals surface area contributed by atoms with Crippen molar-refractivity contribution in [1.29, 1.82) is 0 Å². The molecule has 0 saturated carbocycles. The Morgan fingerprint density at radius 1 is 1.26 bits per heavy atom. The monoisotopic (exact) mass is 484 g/mol. The summed E-state index contributed by atoms with van der Waals surface area (Å²) in [7, 11) is 1.64. The summed E-state index contributed by atoms with van der Waals surface area (Å²) in [5.74, 6) is -2.52. The number of nitrogens with one attached hydrogen (secondary N) is 2. The van der Waals surface area contributed by atoms with E-state index in [4.69, 9.17) is 5.73 Å². The van der Waals surface area contributed by atoms with E-state index in [2.05, 4.69) is 20.6 Å². The van der Waals surface area contributed by atoms with E-state index in [-0.39, 0.29) is 17.3 Å². The maximum Gasteiger partial charge on any atom is 0.294 e. The van der Waals surface area contributed by atoms with Crippen molar-refractivity contribution in [3.63, 3.8) is 0 Å². The molecule has 4 N–H and O–H groups in total. The number of hydrogen-bond donors (Lipinski definition) is 3. The molecule has 0 unspecified atom stereocenters. The van der Waals surface area contributed by atoms with E-state index in [0.717, 1.165) is 10.6 Å². The molecule has 0 radical (unpaired) electrons. The SMILES string of the molecule is Cc1cc(NC(=O)c2c(C)c(C(=O)C(=O)N[C@@H]3CCc4nc(N)sc4C3)n(C)c2C)cnc1F. The number of aromatic nitrogens is 3. The third-order valence-electron chi connectivity index (χ3n) is 6.14. The molecule has 178 valence electrons. The number of aryl methyl sites for hydroxylation is 2. The molecule has 3 heterocycles. The van der Waals surface area contributed by atoms with Gasteiger partial charge in [0.2, 0.25) is 5.95 Å². The van der Waals surface area contributed by atoms with Gasteiger partial charge in [0.25, 0.3) is 17.6 Å². The first-order valence-electron chi connectivity index (χ1n) is 10.8. The lowest BCUT2D eigenvalue weighted by Gasteiger charge is -2.22. The number of nitrogen functional groups attached to an aromatic ring is 1. The first kappa shape index (κ1) is 23.6. The van der Waals surface area contributed by atoms with Gasteiger partial charge >= 0.3 is 0 Å². The number of carbonyl (C=O) groups is 3. The van der Waals surface area contributed by atoms with E-state index >= 15 is 0 Å². The summed E-state index contributed by atoms with van der Waals surface area (Å²) in [6.07, 6.45) is 3.15. The number of amides is 2. The predicted octanol–water partition coefficient (Wildman–Crippen LogP) is 2.63. The topological polar surface area (TPSA) is 132 Å². The van der Waals surface area contributed by atoms with Crippen LogP contribution in [0.1, 0.15) is 54.7 Å². The maximum absolute atomic E-state index is 13.4. The number of fused-ring (bicyclic) bond motifs is 1. The highest BCUT2D eigenvalue weighted by molar-refractivity contribution is 7.15. The Morgan fingerprint density at radius 2 is 2.00 bits per heavy atom. The molecule has 34 heavy (non-hydrogen) atoms. The molecule has 11 heteroatoms. The number of halogens is 1. The number of anilines is 2. The van der Waals surface area contributed by atoms with Gasteiger partial charge in [0.1, 0.15) is 0 Å². The van der Waals surface area contributed by atoms with E-state index in [1.807, 2.05) is 0 Å². The van der Waals surface area contributed by atoms with E-state index in [9.17, 15) is 18.8 Å². The Balaban J connectivity index is 1.52. The van der Waals surface area contributed by atoms with Crippen molar-refractivity contribution in [3.8, 4) is 0 Å². The summed E-state index contributed by atoms with van der Waals surface area (Å²) in [5, 5.41) is 6.01. The fraction of sp³-hybridized carbons (Fsp3) is 0.348. The Labute approximate surface area is 199 Å². The molecular weight excluding hydrogens is 459 g/mol. The minimum Gasteiger partial charge on any atom is -0.375 e. The van der Waals surface area contributed by atoms with Crippen LogP contribution in [0.25, 0.3) is 0 Å². The Bertz CT molecular complexity index is 1330. The van der Waals surface area contributed by atoms with Gasteiger partial charge in [-0.15, -0.1) is 11.3 Å². The molecule has 0 spiro atoms. The van der Waals surface area contributed by atoms with Crippen molar-refractivity contribution in [1.82, 2.24) is 19.9 Å². The Hall–Kier alpha value is -3.60. The average Bonchev–Trinajstić information content (AvgIpc) is 3.25. The molecule has 4 rings (SSSR count). The minimum absolute atomic E-state index is 0.145. The molecule has 0 aliphatic heterocycles. The van der Waals surface area contributed by atoms with Crippen molar-refractivity contribution < 1.29 is 18.8 Å². The van der Waals surface area contributed by atoms with Crippen molar-refractivity contribution in [2.45, 2.75) is 46.1 Å². The minimum atomic E-state index is -0.722. The molecule has 2 amide bonds. The van der Waals surface area contributed by atoms with Crippen LogP contribution < -0.4 is 16.4 Å². The summed E-state index contributed by atoms with van der Waals surface area (Å²) in [6, 6.07) is 1.28. The van der Waals surface area contributed by atoms with E-state index < -0.39 is 23.5 Å². The van der Waals surface area contributed by atoms with Gasteiger partial charge in [0, 0.05) is 35.6 Å². The van der Waals surface area contributed by atoms with Gasteiger partial charge in [-0.1, -0.05) is 0 Å². The smallest absolute Gasteiger partial charge is 0.294 e. The van der Waals surface area contributed by atoms with Crippen LogP contribution in [0.5, 0.6) is 0 Å². The summed E-state index contributed by atoms with van der Waals surface area (Å²) >= 11 is 1.40. The molecule has 0 fully saturated rings. The number of thiazole rings is 1. The van der Waals surface area contributed by atoms with Crippen LogP contribution in [0.2, 0.25) is 0 Å². The van der Waals surface area contributed by atoms with E-state index in [1.54, 1.807) is 32.4 Å². The zero-order chi connectivity index (χ0) is 24.7. The maximum atomic E-state index is 13.4. The largest absolute Gasteiger partial charge is 0.375 e. The van der Waals surface area contributed by atoms with Crippen LogP contribution in [0.3, 0.4) is 0 Å². The molecule has 3 aromatic rings. The summed E-state index contributed by atoms with van der Waals surface area (Å²) < 4.78 is 15.0. The molecule has 1 aliphatic carbocycles. The van der Waals surface area contributed by atoms with E-state index in [1.165, 1.54) is 23.6 Å².